The van der Waals surface area contributed by atoms with Crippen molar-refractivity contribution in [1.29, 1.82) is 0 Å². The first-order valence-electron chi connectivity index (χ1n) is 10.7. The number of anilines is 1. The predicted molar refractivity (Wildman–Crippen MR) is 129 cm³/mol. The number of rotatable bonds is 7. The van der Waals surface area contributed by atoms with Gasteiger partial charge in [-0.2, -0.15) is 0 Å². The zero-order chi connectivity index (χ0) is 23.7. The van der Waals surface area contributed by atoms with E-state index in [1.165, 1.54) is 4.31 Å². The van der Waals surface area contributed by atoms with Crippen LogP contribution in [-0.4, -0.2) is 32.7 Å². The molecule has 1 amide bonds. The fourth-order valence-electron chi connectivity index (χ4n) is 4.07. The first kappa shape index (κ1) is 24.4. The van der Waals surface area contributed by atoms with Gasteiger partial charge in [-0.1, -0.05) is 29.8 Å². The van der Waals surface area contributed by atoms with Crippen LogP contribution >= 0.6 is 11.6 Å². The lowest BCUT2D eigenvalue weighted by Crippen LogP contribution is -2.41. The normalized spacial score (nSPS) is 17.2. The van der Waals surface area contributed by atoms with Crippen LogP contribution in [0.4, 0.5) is 5.69 Å². The Labute approximate surface area is 196 Å². The minimum atomic E-state index is -3.52. The second kappa shape index (κ2) is 9.32. The van der Waals surface area contributed by atoms with Gasteiger partial charge in [0.1, 0.15) is 11.4 Å². The molecule has 32 heavy (non-hydrogen) atoms. The molecule has 0 saturated carbocycles. The topological polar surface area (TPSA) is 75.7 Å². The Kier molecular flexibility index (Phi) is 7.10. The quantitative estimate of drug-likeness (QED) is 0.612. The molecule has 8 heteroatoms. The summed E-state index contributed by atoms with van der Waals surface area (Å²) in [7, 11) is -3.52. The fraction of sp³-hybridized carbons (Fsp3) is 0.458. The number of hydrogen-bond donors (Lipinski definition) is 1. The van der Waals surface area contributed by atoms with Gasteiger partial charge in [0.2, 0.25) is 15.9 Å². The van der Waals surface area contributed by atoms with Crippen LogP contribution in [0.2, 0.25) is 5.02 Å². The van der Waals surface area contributed by atoms with Crippen LogP contribution in [0.3, 0.4) is 0 Å². The Morgan fingerprint density at radius 2 is 1.97 bits per heavy atom. The van der Waals surface area contributed by atoms with Crippen LogP contribution in [-0.2, 0) is 14.8 Å². The van der Waals surface area contributed by atoms with E-state index in [4.69, 9.17) is 16.3 Å². The summed E-state index contributed by atoms with van der Waals surface area (Å²) < 4.78 is 32.2. The number of amides is 1. The van der Waals surface area contributed by atoms with E-state index in [1.54, 1.807) is 25.1 Å². The molecule has 174 valence electrons. The third-order valence-corrected chi connectivity index (χ3v) is 7.22. The number of nitrogens with one attached hydrogen (secondary N) is 1. The van der Waals surface area contributed by atoms with Gasteiger partial charge in [-0.15, -0.1) is 0 Å². The second-order valence-corrected chi connectivity index (χ2v) is 11.4. The van der Waals surface area contributed by atoms with Crippen LogP contribution in [0.5, 0.6) is 5.75 Å². The first-order valence-corrected chi connectivity index (χ1v) is 12.9. The highest BCUT2D eigenvalue weighted by Crippen LogP contribution is 2.40. The van der Waals surface area contributed by atoms with E-state index in [2.05, 4.69) is 5.32 Å². The average Bonchev–Trinajstić information content (AvgIpc) is 2.65. The molecule has 1 aliphatic heterocycles. The Balaban J connectivity index is 1.67. The zero-order valence-corrected chi connectivity index (χ0v) is 20.8. The van der Waals surface area contributed by atoms with Crippen LogP contribution in [0.1, 0.15) is 55.8 Å². The molecule has 0 saturated heterocycles. The molecule has 0 radical (unpaired) electrons. The van der Waals surface area contributed by atoms with Gasteiger partial charge in [-0.05, 0) is 63.4 Å². The van der Waals surface area contributed by atoms with E-state index in [-0.39, 0.29) is 24.9 Å². The van der Waals surface area contributed by atoms with Crippen molar-refractivity contribution in [2.45, 2.75) is 58.6 Å². The van der Waals surface area contributed by atoms with Gasteiger partial charge < -0.3 is 10.1 Å². The number of sulfonamides is 1. The molecule has 0 aromatic heterocycles. The van der Waals surface area contributed by atoms with Gasteiger partial charge in [0.25, 0.3) is 0 Å². The Morgan fingerprint density at radius 1 is 1.25 bits per heavy atom. The third kappa shape index (κ3) is 5.75. The van der Waals surface area contributed by atoms with E-state index in [9.17, 15) is 13.2 Å². The molecule has 1 aliphatic rings. The summed E-state index contributed by atoms with van der Waals surface area (Å²) in [6.45, 7) is 8.01. The molecular weight excluding hydrogens is 448 g/mol. The molecule has 0 spiro atoms. The maximum atomic E-state index is 12.7. The summed E-state index contributed by atoms with van der Waals surface area (Å²) in [5.41, 5.74) is 2.91. The second-order valence-electron chi connectivity index (χ2n) is 9.05. The molecular formula is C24H31ClN2O4S. The van der Waals surface area contributed by atoms with E-state index >= 15 is 0 Å². The average molecular weight is 479 g/mol. The number of hydrogen-bond acceptors (Lipinski definition) is 4. The number of fused-ring (bicyclic) bond motifs is 1. The SMILES string of the molecule is Cc1ccc2c(c1)OC(C)(C)C[C@@H]2NC(=O)CCCN(c1cccc(Cl)c1C)S(C)(=O)=O. The molecule has 1 atom stereocenters. The molecule has 3 rings (SSSR count). The van der Waals surface area contributed by atoms with Gasteiger partial charge in [-0.25, -0.2) is 8.42 Å². The summed E-state index contributed by atoms with van der Waals surface area (Å²) in [6.07, 6.45) is 2.42. The number of halogens is 1. The fourth-order valence-corrected chi connectivity index (χ4v) is 5.25. The minimum Gasteiger partial charge on any atom is -0.487 e. The Bertz CT molecular complexity index is 1110. The summed E-state index contributed by atoms with van der Waals surface area (Å²) in [5.74, 6) is 0.682. The largest absolute Gasteiger partial charge is 0.487 e. The molecule has 0 fully saturated rings. The monoisotopic (exact) mass is 478 g/mol. The Morgan fingerprint density at radius 3 is 2.66 bits per heavy atom. The van der Waals surface area contributed by atoms with Crippen LogP contribution in [0.15, 0.2) is 36.4 Å². The number of carbonyl (C=O) groups excluding carboxylic acids is 1. The van der Waals surface area contributed by atoms with Crippen molar-refractivity contribution in [3.8, 4) is 5.75 Å². The van der Waals surface area contributed by atoms with Crippen molar-refractivity contribution in [3.63, 3.8) is 0 Å². The molecule has 0 bridgehead atoms. The van der Waals surface area contributed by atoms with Gasteiger partial charge in [0, 0.05) is 30.0 Å². The lowest BCUT2D eigenvalue weighted by atomic mass is 9.89. The van der Waals surface area contributed by atoms with Crippen molar-refractivity contribution in [1.82, 2.24) is 5.32 Å². The zero-order valence-electron chi connectivity index (χ0n) is 19.2. The summed E-state index contributed by atoms with van der Waals surface area (Å²) in [5, 5.41) is 3.62. The van der Waals surface area contributed by atoms with Gasteiger partial charge in [-0.3, -0.25) is 9.10 Å². The van der Waals surface area contributed by atoms with E-state index in [0.29, 0.717) is 29.1 Å². The summed E-state index contributed by atoms with van der Waals surface area (Å²) in [4.78, 5) is 12.7. The van der Waals surface area contributed by atoms with E-state index < -0.39 is 15.6 Å². The molecule has 2 aromatic carbocycles. The number of nitrogens with zero attached hydrogens (tertiary/aromatic N) is 1. The van der Waals surface area contributed by atoms with Gasteiger partial charge >= 0.3 is 0 Å². The smallest absolute Gasteiger partial charge is 0.232 e. The lowest BCUT2D eigenvalue weighted by molar-refractivity contribution is -0.122. The number of ether oxygens (including phenoxy) is 1. The predicted octanol–water partition coefficient (Wildman–Crippen LogP) is 4.92. The highest BCUT2D eigenvalue weighted by molar-refractivity contribution is 7.92. The van der Waals surface area contributed by atoms with Gasteiger partial charge in [0.15, 0.2) is 0 Å². The van der Waals surface area contributed by atoms with Crippen molar-refractivity contribution < 1.29 is 17.9 Å². The van der Waals surface area contributed by atoms with Crippen molar-refractivity contribution in [2.75, 3.05) is 17.1 Å². The minimum absolute atomic E-state index is 0.115. The maximum absolute atomic E-state index is 12.7. The molecule has 0 aliphatic carbocycles. The van der Waals surface area contributed by atoms with Crippen LogP contribution in [0, 0.1) is 13.8 Å². The van der Waals surface area contributed by atoms with Gasteiger partial charge in [0.05, 0.1) is 18.0 Å². The van der Waals surface area contributed by atoms with Crippen molar-refractivity contribution in [2.24, 2.45) is 0 Å². The van der Waals surface area contributed by atoms with E-state index in [1.807, 2.05) is 39.0 Å². The Hall–Kier alpha value is -2.25. The third-order valence-electron chi connectivity index (χ3n) is 5.63. The van der Waals surface area contributed by atoms with Crippen molar-refractivity contribution >= 4 is 33.2 Å². The highest BCUT2D eigenvalue weighted by atomic mass is 35.5. The summed E-state index contributed by atoms with van der Waals surface area (Å²) >= 11 is 6.18. The summed E-state index contributed by atoms with van der Waals surface area (Å²) in [6, 6.07) is 11.0. The van der Waals surface area contributed by atoms with E-state index in [0.717, 1.165) is 23.1 Å². The molecule has 0 unspecified atom stereocenters. The highest BCUT2D eigenvalue weighted by Gasteiger charge is 2.34. The molecule has 6 nitrogen and oxygen atoms in total. The molecule has 1 heterocycles. The number of benzene rings is 2. The van der Waals surface area contributed by atoms with Crippen LogP contribution in [0.25, 0.3) is 0 Å². The maximum Gasteiger partial charge on any atom is 0.232 e. The lowest BCUT2D eigenvalue weighted by Gasteiger charge is -2.38. The number of aryl methyl sites for hydroxylation is 1. The standard InChI is InChI=1S/C24H31ClN2O4S/c1-16-11-12-18-20(15-24(3,4)31-22(18)14-16)26-23(28)10-7-13-27(32(5,29)30)21-9-6-8-19(25)17(21)2/h6,8-9,11-12,14,20H,7,10,13,15H2,1-5H3,(H,26,28)/t20-/m0/s1. The number of carbonyl (C=O) groups is 1. The van der Waals surface area contributed by atoms with Crippen molar-refractivity contribution in [3.05, 3.63) is 58.1 Å². The molecule has 2 aromatic rings. The molecule has 1 N–H and O–H groups in total. The first-order chi connectivity index (χ1) is 14.9. The van der Waals surface area contributed by atoms with Crippen LogP contribution < -0.4 is 14.4 Å².